The fraction of sp³-hybridized carbons (Fsp3) is 1.00. The summed E-state index contributed by atoms with van der Waals surface area (Å²) in [6.45, 7) is 0.918. The molecule has 2 aliphatic carbocycles. The van der Waals surface area contributed by atoms with Gasteiger partial charge in [-0.05, 0) is 25.7 Å². The third-order valence-corrected chi connectivity index (χ3v) is 3.73. The van der Waals surface area contributed by atoms with Gasteiger partial charge < -0.3 is 4.74 Å². The van der Waals surface area contributed by atoms with E-state index in [1.54, 1.807) is 0 Å². The number of hydrogen-bond acceptors (Lipinski definition) is 1. The van der Waals surface area contributed by atoms with Crippen molar-refractivity contribution in [2.75, 3.05) is 12.5 Å². The van der Waals surface area contributed by atoms with E-state index >= 15 is 0 Å². The van der Waals surface area contributed by atoms with E-state index in [2.05, 4.69) is 0 Å². The maximum atomic E-state index is 5.86. The van der Waals surface area contributed by atoms with Crippen LogP contribution in [0.25, 0.3) is 0 Å². The molecule has 0 aromatic carbocycles. The van der Waals surface area contributed by atoms with Gasteiger partial charge in [-0.1, -0.05) is 12.8 Å². The van der Waals surface area contributed by atoms with Crippen molar-refractivity contribution in [2.45, 2.75) is 44.6 Å². The van der Waals surface area contributed by atoms with Crippen molar-refractivity contribution in [1.29, 1.82) is 0 Å². The lowest BCUT2D eigenvalue weighted by Gasteiger charge is -2.16. The highest BCUT2D eigenvalue weighted by atomic mass is 35.5. The van der Waals surface area contributed by atoms with Gasteiger partial charge in [0.2, 0.25) is 0 Å². The normalized spacial score (nSPS) is 27.8. The van der Waals surface area contributed by atoms with Gasteiger partial charge in [-0.2, -0.15) is 0 Å². The molecule has 0 radical (unpaired) electrons. The predicted molar refractivity (Wildman–Crippen MR) is 50.6 cm³/mol. The summed E-state index contributed by atoms with van der Waals surface area (Å²) in [6.07, 6.45) is 8.39. The van der Waals surface area contributed by atoms with Gasteiger partial charge in [0.25, 0.3) is 0 Å². The number of alkyl halides is 1. The number of halogens is 1. The van der Waals surface area contributed by atoms with Crippen LogP contribution in [0.5, 0.6) is 0 Å². The van der Waals surface area contributed by atoms with E-state index in [0.29, 0.717) is 11.5 Å². The van der Waals surface area contributed by atoms with Crippen molar-refractivity contribution in [3.63, 3.8) is 0 Å². The van der Waals surface area contributed by atoms with Crippen LogP contribution in [0.4, 0.5) is 0 Å². The second-order valence-corrected chi connectivity index (χ2v) is 4.62. The fourth-order valence-electron chi connectivity index (χ4n) is 1.84. The summed E-state index contributed by atoms with van der Waals surface area (Å²) in [5, 5.41) is 0. The molecule has 0 amide bonds. The van der Waals surface area contributed by atoms with Crippen molar-refractivity contribution in [1.82, 2.24) is 0 Å². The molecular weight excluding hydrogens is 172 g/mol. The summed E-state index contributed by atoms with van der Waals surface area (Å²) in [4.78, 5) is 0. The molecule has 0 spiro atoms. The Morgan fingerprint density at radius 2 is 1.92 bits per heavy atom. The van der Waals surface area contributed by atoms with Gasteiger partial charge in [0, 0.05) is 11.3 Å². The molecule has 0 heterocycles. The summed E-state index contributed by atoms with van der Waals surface area (Å²) in [5.41, 5.74) is 0.393. The van der Waals surface area contributed by atoms with Gasteiger partial charge in [0.1, 0.15) is 0 Å². The van der Waals surface area contributed by atoms with Gasteiger partial charge in [-0.15, -0.1) is 11.6 Å². The van der Waals surface area contributed by atoms with Crippen LogP contribution in [0.3, 0.4) is 0 Å². The zero-order valence-electron chi connectivity index (χ0n) is 7.52. The first-order valence-electron chi connectivity index (χ1n) is 5.02. The van der Waals surface area contributed by atoms with Crippen molar-refractivity contribution in [2.24, 2.45) is 5.41 Å². The Bertz CT molecular complexity index is 148. The first-order chi connectivity index (χ1) is 5.85. The van der Waals surface area contributed by atoms with E-state index in [1.165, 1.54) is 38.5 Å². The van der Waals surface area contributed by atoms with Crippen molar-refractivity contribution in [3.05, 3.63) is 0 Å². The second-order valence-electron chi connectivity index (χ2n) is 4.35. The molecule has 2 fully saturated rings. The van der Waals surface area contributed by atoms with E-state index in [9.17, 15) is 0 Å². The minimum absolute atomic E-state index is 0.393. The van der Waals surface area contributed by atoms with Crippen LogP contribution in [0.2, 0.25) is 0 Å². The smallest absolute Gasteiger partial charge is 0.0575 e. The van der Waals surface area contributed by atoms with E-state index in [1.807, 2.05) is 0 Å². The molecule has 12 heavy (non-hydrogen) atoms. The van der Waals surface area contributed by atoms with Crippen LogP contribution >= 0.6 is 11.6 Å². The first kappa shape index (κ1) is 8.83. The minimum atomic E-state index is 0.393. The molecule has 2 heteroatoms. The highest BCUT2D eigenvalue weighted by molar-refractivity contribution is 6.18. The number of hydrogen-bond donors (Lipinski definition) is 0. The molecule has 0 aliphatic heterocycles. The molecule has 2 rings (SSSR count). The molecule has 0 unspecified atom stereocenters. The zero-order chi connectivity index (χ0) is 8.44. The van der Waals surface area contributed by atoms with Gasteiger partial charge in [0.05, 0.1) is 12.7 Å². The predicted octanol–water partition coefficient (Wildman–Crippen LogP) is 2.96. The van der Waals surface area contributed by atoms with Crippen LogP contribution in [-0.4, -0.2) is 18.6 Å². The monoisotopic (exact) mass is 188 g/mol. The average molecular weight is 189 g/mol. The minimum Gasteiger partial charge on any atom is -0.378 e. The van der Waals surface area contributed by atoms with Crippen molar-refractivity contribution < 1.29 is 4.74 Å². The Morgan fingerprint density at radius 3 is 2.42 bits per heavy atom. The van der Waals surface area contributed by atoms with Crippen LogP contribution < -0.4 is 0 Å². The van der Waals surface area contributed by atoms with Crippen LogP contribution in [0.1, 0.15) is 38.5 Å². The molecule has 0 atom stereocenters. The second kappa shape index (κ2) is 3.55. The lowest BCUT2D eigenvalue weighted by molar-refractivity contribution is 0.0316. The highest BCUT2D eigenvalue weighted by Crippen LogP contribution is 2.47. The maximum absolute atomic E-state index is 5.86. The quantitative estimate of drug-likeness (QED) is 0.617. The number of rotatable bonds is 4. The van der Waals surface area contributed by atoms with Crippen LogP contribution in [0.15, 0.2) is 0 Å². The largest absolute Gasteiger partial charge is 0.378 e. The molecule has 2 aliphatic rings. The van der Waals surface area contributed by atoms with E-state index in [0.717, 1.165) is 12.5 Å². The van der Waals surface area contributed by atoms with Crippen LogP contribution in [-0.2, 0) is 4.74 Å². The fourth-order valence-corrected chi connectivity index (χ4v) is 2.19. The molecule has 0 aromatic heterocycles. The molecule has 0 bridgehead atoms. The average Bonchev–Trinajstić information content (AvgIpc) is 2.70. The van der Waals surface area contributed by atoms with Gasteiger partial charge in [0.15, 0.2) is 0 Å². The first-order valence-corrected chi connectivity index (χ1v) is 5.56. The van der Waals surface area contributed by atoms with Gasteiger partial charge >= 0.3 is 0 Å². The standard InChI is InChI=1S/C10H17ClO/c11-7-10(5-6-10)8-12-9-3-1-2-4-9/h9H,1-8H2. The van der Waals surface area contributed by atoms with Gasteiger partial charge in [-0.25, -0.2) is 0 Å². The van der Waals surface area contributed by atoms with Crippen molar-refractivity contribution >= 4 is 11.6 Å². The van der Waals surface area contributed by atoms with E-state index in [-0.39, 0.29) is 0 Å². The summed E-state index contributed by atoms with van der Waals surface area (Å²) >= 11 is 5.86. The summed E-state index contributed by atoms with van der Waals surface area (Å²) in [6, 6.07) is 0. The van der Waals surface area contributed by atoms with E-state index < -0.39 is 0 Å². The lowest BCUT2D eigenvalue weighted by atomic mass is 10.1. The van der Waals surface area contributed by atoms with Gasteiger partial charge in [-0.3, -0.25) is 0 Å². The molecule has 0 saturated heterocycles. The molecule has 70 valence electrons. The molecule has 2 saturated carbocycles. The Hall–Kier alpha value is 0.250. The Morgan fingerprint density at radius 1 is 1.25 bits per heavy atom. The van der Waals surface area contributed by atoms with Crippen molar-refractivity contribution in [3.8, 4) is 0 Å². The van der Waals surface area contributed by atoms with Crippen LogP contribution in [0, 0.1) is 5.41 Å². The maximum Gasteiger partial charge on any atom is 0.0575 e. The molecule has 0 aromatic rings. The third-order valence-electron chi connectivity index (χ3n) is 3.17. The topological polar surface area (TPSA) is 9.23 Å². The Labute approximate surface area is 79.4 Å². The number of ether oxygens (including phenoxy) is 1. The summed E-state index contributed by atoms with van der Waals surface area (Å²) in [5.74, 6) is 0.791. The third kappa shape index (κ3) is 1.94. The Balaban J connectivity index is 1.67. The molecular formula is C10H17ClO. The molecule has 1 nitrogen and oxygen atoms in total. The summed E-state index contributed by atoms with van der Waals surface area (Å²) in [7, 11) is 0. The van der Waals surface area contributed by atoms with E-state index in [4.69, 9.17) is 16.3 Å². The zero-order valence-corrected chi connectivity index (χ0v) is 8.28. The lowest BCUT2D eigenvalue weighted by Crippen LogP contribution is -2.17. The molecule has 0 N–H and O–H groups in total. The highest BCUT2D eigenvalue weighted by Gasteiger charge is 2.42. The Kier molecular flexibility index (Phi) is 2.61. The summed E-state index contributed by atoms with van der Waals surface area (Å²) < 4.78 is 5.84. The SMILES string of the molecule is ClCC1(COC2CCCC2)CC1.